The maximum absolute atomic E-state index is 11.4. The molecule has 2 aromatic carbocycles. The molecular weight excluding hydrogens is 378 g/mol. The van der Waals surface area contributed by atoms with Gasteiger partial charge in [0, 0.05) is 36.8 Å². The summed E-state index contributed by atoms with van der Waals surface area (Å²) >= 11 is 0. The van der Waals surface area contributed by atoms with E-state index in [9.17, 15) is 9.90 Å². The monoisotopic (exact) mass is 403 g/mol. The lowest BCUT2D eigenvalue weighted by atomic mass is 10.1. The number of benzene rings is 2. The standard InChI is InChI=1S/C23H25N5O2/c24-22(30)18-8-4-5-16(13-18)15-25-23-26-20(17-6-2-1-3-7-17)14-21(27-23)28-11-9-19(29)10-12-28/h1-8,13-14,19,29H,9-12,15H2,(H2,24,30)(H,25,26,27). The zero-order valence-electron chi connectivity index (χ0n) is 16.7. The van der Waals surface area contributed by atoms with Gasteiger partial charge in [-0.05, 0) is 30.5 Å². The lowest BCUT2D eigenvalue weighted by molar-refractivity contribution is 0.1000. The van der Waals surface area contributed by atoms with Crippen molar-refractivity contribution in [2.24, 2.45) is 5.73 Å². The molecule has 1 aliphatic rings. The van der Waals surface area contributed by atoms with Crippen molar-refractivity contribution >= 4 is 17.7 Å². The van der Waals surface area contributed by atoms with Crippen molar-refractivity contribution in [3.05, 3.63) is 71.8 Å². The van der Waals surface area contributed by atoms with E-state index in [0.717, 1.165) is 48.6 Å². The molecule has 1 amide bonds. The summed E-state index contributed by atoms with van der Waals surface area (Å²) in [5.41, 5.74) is 8.62. The van der Waals surface area contributed by atoms with Crippen LogP contribution in [0, 0.1) is 0 Å². The van der Waals surface area contributed by atoms with Gasteiger partial charge in [0.15, 0.2) is 0 Å². The zero-order chi connectivity index (χ0) is 20.9. The fraction of sp³-hybridized carbons (Fsp3) is 0.261. The van der Waals surface area contributed by atoms with Crippen LogP contribution in [0.4, 0.5) is 11.8 Å². The molecule has 0 atom stereocenters. The topological polar surface area (TPSA) is 104 Å². The first-order valence-corrected chi connectivity index (χ1v) is 10.1. The molecule has 2 heterocycles. The van der Waals surface area contributed by atoms with Gasteiger partial charge in [-0.25, -0.2) is 4.98 Å². The first-order valence-electron chi connectivity index (χ1n) is 10.1. The van der Waals surface area contributed by atoms with E-state index in [1.165, 1.54) is 0 Å². The number of hydrogen-bond donors (Lipinski definition) is 3. The number of nitrogens with one attached hydrogen (secondary N) is 1. The summed E-state index contributed by atoms with van der Waals surface area (Å²) in [7, 11) is 0. The Labute approximate surface area is 175 Å². The van der Waals surface area contributed by atoms with Gasteiger partial charge in [-0.2, -0.15) is 4.98 Å². The molecule has 30 heavy (non-hydrogen) atoms. The van der Waals surface area contributed by atoms with Crippen LogP contribution < -0.4 is 16.0 Å². The molecule has 0 bridgehead atoms. The second kappa shape index (κ2) is 8.92. The van der Waals surface area contributed by atoms with Gasteiger partial charge in [-0.1, -0.05) is 42.5 Å². The van der Waals surface area contributed by atoms with Crippen molar-refractivity contribution < 1.29 is 9.90 Å². The van der Waals surface area contributed by atoms with Crippen LogP contribution in [0.1, 0.15) is 28.8 Å². The molecule has 1 aromatic heterocycles. The average Bonchev–Trinajstić information content (AvgIpc) is 2.79. The Morgan fingerprint density at radius 2 is 1.83 bits per heavy atom. The third-order valence-electron chi connectivity index (χ3n) is 5.23. The summed E-state index contributed by atoms with van der Waals surface area (Å²) in [6.45, 7) is 1.98. The van der Waals surface area contributed by atoms with Crippen molar-refractivity contribution in [3.8, 4) is 11.3 Å². The smallest absolute Gasteiger partial charge is 0.248 e. The van der Waals surface area contributed by atoms with Crippen LogP contribution >= 0.6 is 0 Å². The molecule has 3 aromatic rings. The molecule has 0 spiro atoms. The predicted octanol–water partition coefficient (Wildman–Crippen LogP) is 2.82. The Bertz CT molecular complexity index is 1020. The van der Waals surface area contributed by atoms with Crippen LogP contribution in [-0.4, -0.2) is 40.2 Å². The van der Waals surface area contributed by atoms with E-state index in [2.05, 4.69) is 10.2 Å². The lowest BCUT2D eigenvalue weighted by Gasteiger charge is -2.30. The molecule has 7 heteroatoms. The number of hydrogen-bond acceptors (Lipinski definition) is 6. The van der Waals surface area contributed by atoms with Crippen molar-refractivity contribution in [2.75, 3.05) is 23.3 Å². The maximum Gasteiger partial charge on any atom is 0.248 e. The average molecular weight is 403 g/mol. The van der Waals surface area contributed by atoms with Gasteiger partial charge in [0.05, 0.1) is 11.8 Å². The highest BCUT2D eigenvalue weighted by molar-refractivity contribution is 5.92. The van der Waals surface area contributed by atoms with Crippen LogP contribution in [0.2, 0.25) is 0 Å². The molecule has 0 radical (unpaired) electrons. The molecule has 7 nitrogen and oxygen atoms in total. The number of nitrogens with two attached hydrogens (primary N) is 1. The lowest BCUT2D eigenvalue weighted by Crippen LogP contribution is -2.36. The van der Waals surface area contributed by atoms with Crippen LogP contribution in [0.3, 0.4) is 0 Å². The van der Waals surface area contributed by atoms with Gasteiger partial charge in [0.1, 0.15) is 5.82 Å². The Morgan fingerprint density at radius 3 is 2.57 bits per heavy atom. The molecule has 1 fully saturated rings. The highest BCUT2D eigenvalue weighted by atomic mass is 16.3. The number of amides is 1. The van der Waals surface area contributed by atoms with Crippen molar-refractivity contribution in [1.29, 1.82) is 0 Å². The minimum Gasteiger partial charge on any atom is -0.393 e. The van der Waals surface area contributed by atoms with Gasteiger partial charge in [-0.3, -0.25) is 4.79 Å². The number of carbonyl (C=O) groups excluding carboxylic acids is 1. The Kier molecular flexibility index (Phi) is 5.90. The minimum absolute atomic E-state index is 0.244. The van der Waals surface area contributed by atoms with Crippen molar-refractivity contribution in [3.63, 3.8) is 0 Å². The molecule has 1 saturated heterocycles. The van der Waals surface area contributed by atoms with Crippen molar-refractivity contribution in [1.82, 2.24) is 9.97 Å². The number of nitrogens with zero attached hydrogens (tertiary/aromatic N) is 3. The number of rotatable bonds is 6. The molecular formula is C23H25N5O2. The van der Waals surface area contributed by atoms with E-state index >= 15 is 0 Å². The van der Waals surface area contributed by atoms with Gasteiger partial charge < -0.3 is 21.1 Å². The van der Waals surface area contributed by atoms with Gasteiger partial charge in [0.25, 0.3) is 0 Å². The first-order chi connectivity index (χ1) is 14.6. The largest absolute Gasteiger partial charge is 0.393 e. The number of aliphatic hydroxyl groups is 1. The van der Waals surface area contributed by atoms with E-state index in [-0.39, 0.29) is 6.10 Å². The van der Waals surface area contributed by atoms with Gasteiger partial charge in [0.2, 0.25) is 11.9 Å². The van der Waals surface area contributed by atoms with Gasteiger partial charge >= 0.3 is 0 Å². The number of primary amides is 1. The summed E-state index contributed by atoms with van der Waals surface area (Å²) < 4.78 is 0. The molecule has 0 saturated carbocycles. The number of aliphatic hydroxyl groups excluding tert-OH is 1. The van der Waals surface area contributed by atoms with Crippen LogP contribution in [0.15, 0.2) is 60.7 Å². The van der Waals surface area contributed by atoms with E-state index in [1.54, 1.807) is 12.1 Å². The zero-order valence-corrected chi connectivity index (χ0v) is 16.7. The normalized spacial score (nSPS) is 14.5. The maximum atomic E-state index is 11.4. The highest BCUT2D eigenvalue weighted by Gasteiger charge is 2.19. The molecule has 4 rings (SSSR count). The van der Waals surface area contributed by atoms with E-state index in [0.29, 0.717) is 18.1 Å². The number of anilines is 2. The number of aromatic nitrogens is 2. The quantitative estimate of drug-likeness (QED) is 0.585. The molecule has 0 unspecified atom stereocenters. The molecule has 154 valence electrons. The fourth-order valence-corrected chi connectivity index (χ4v) is 3.54. The second-order valence-electron chi connectivity index (χ2n) is 7.44. The summed E-state index contributed by atoms with van der Waals surface area (Å²) in [6.07, 6.45) is 1.22. The SMILES string of the molecule is NC(=O)c1cccc(CNc2nc(-c3ccccc3)cc(N3CCC(O)CC3)n2)c1. The van der Waals surface area contributed by atoms with Gasteiger partial charge in [-0.15, -0.1) is 0 Å². The van der Waals surface area contributed by atoms with Crippen LogP contribution in [0.5, 0.6) is 0 Å². The third kappa shape index (κ3) is 4.75. The van der Waals surface area contributed by atoms with Crippen molar-refractivity contribution in [2.45, 2.75) is 25.5 Å². The summed E-state index contributed by atoms with van der Waals surface area (Å²) in [6, 6.07) is 19.2. The fourth-order valence-electron chi connectivity index (χ4n) is 3.54. The van der Waals surface area contributed by atoms with Crippen LogP contribution in [0.25, 0.3) is 11.3 Å². The molecule has 0 aliphatic carbocycles. The predicted molar refractivity (Wildman–Crippen MR) is 117 cm³/mol. The second-order valence-corrected chi connectivity index (χ2v) is 7.44. The summed E-state index contributed by atoms with van der Waals surface area (Å²) in [5, 5.41) is 13.1. The van der Waals surface area contributed by atoms with E-state index in [4.69, 9.17) is 15.7 Å². The Morgan fingerprint density at radius 1 is 1.07 bits per heavy atom. The number of piperidine rings is 1. The van der Waals surface area contributed by atoms with Crippen LogP contribution in [-0.2, 0) is 6.54 Å². The first kappa shape index (κ1) is 19.8. The van der Waals surface area contributed by atoms with E-state index < -0.39 is 5.91 Å². The number of carbonyl (C=O) groups is 1. The molecule has 1 aliphatic heterocycles. The summed E-state index contributed by atoms with van der Waals surface area (Å²) in [4.78, 5) is 23.0. The highest BCUT2D eigenvalue weighted by Crippen LogP contribution is 2.25. The summed E-state index contributed by atoms with van der Waals surface area (Å²) in [5.74, 6) is 0.903. The minimum atomic E-state index is -0.450. The van der Waals surface area contributed by atoms with E-state index in [1.807, 2.05) is 48.5 Å². The molecule has 4 N–H and O–H groups in total. The third-order valence-corrected chi connectivity index (χ3v) is 5.23. The Hall–Kier alpha value is -3.45. The Balaban J connectivity index is 1.60.